The molecule has 136 valence electrons. The highest BCUT2D eigenvalue weighted by molar-refractivity contribution is 7.80. The summed E-state index contributed by atoms with van der Waals surface area (Å²) in [6, 6.07) is 5.67. The number of ether oxygens (including phenoxy) is 2. The second-order valence-corrected chi connectivity index (χ2v) is 6.17. The maximum atomic E-state index is 12.5. The second kappa shape index (κ2) is 9.42. The summed E-state index contributed by atoms with van der Waals surface area (Å²) in [7, 11) is 0. The van der Waals surface area contributed by atoms with Gasteiger partial charge in [-0.15, -0.1) is 0 Å². The lowest BCUT2D eigenvalue weighted by atomic mass is 10.1. The lowest BCUT2D eigenvalue weighted by Crippen LogP contribution is -2.31. The molecule has 1 fully saturated rings. The Hall–Kier alpha value is -2.08. The van der Waals surface area contributed by atoms with Crippen LogP contribution in [0.1, 0.15) is 45.6 Å². The molecule has 6 heteroatoms. The minimum atomic E-state index is -0.0808. The van der Waals surface area contributed by atoms with Crippen molar-refractivity contribution in [2.75, 3.05) is 19.8 Å². The summed E-state index contributed by atoms with van der Waals surface area (Å²) in [6.07, 6.45) is 4.68. The quantitative estimate of drug-likeness (QED) is 0.536. The van der Waals surface area contributed by atoms with Gasteiger partial charge in [-0.2, -0.15) is 0 Å². The molecule has 2 rings (SSSR count). The molecule has 0 bridgehead atoms. The zero-order valence-corrected chi connectivity index (χ0v) is 15.9. The highest BCUT2D eigenvalue weighted by Gasteiger charge is 2.29. The number of unbranched alkanes of at least 4 members (excludes halogenated alkanes) is 1. The monoisotopic (exact) mass is 362 g/mol. The van der Waals surface area contributed by atoms with Crippen LogP contribution in [0.3, 0.4) is 0 Å². The van der Waals surface area contributed by atoms with E-state index in [1.165, 1.54) is 0 Å². The molecule has 25 heavy (non-hydrogen) atoms. The summed E-state index contributed by atoms with van der Waals surface area (Å²) in [5.74, 6) is 1.32. The summed E-state index contributed by atoms with van der Waals surface area (Å²) < 4.78 is 11.4. The van der Waals surface area contributed by atoms with Crippen LogP contribution in [0, 0.1) is 0 Å². The molecular weight excluding hydrogens is 336 g/mol. The van der Waals surface area contributed by atoms with Crippen molar-refractivity contribution in [2.24, 2.45) is 0 Å². The van der Waals surface area contributed by atoms with Crippen molar-refractivity contribution < 1.29 is 14.3 Å². The van der Waals surface area contributed by atoms with Crippen LogP contribution in [-0.2, 0) is 4.79 Å². The van der Waals surface area contributed by atoms with Crippen LogP contribution in [0.15, 0.2) is 23.9 Å². The molecule has 5 nitrogen and oxygen atoms in total. The van der Waals surface area contributed by atoms with E-state index in [1.54, 1.807) is 11.0 Å². The lowest BCUT2D eigenvalue weighted by Gasteiger charge is -2.12. The van der Waals surface area contributed by atoms with Crippen molar-refractivity contribution in [3.63, 3.8) is 0 Å². The van der Waals surface area contributed by atoms with Gasteiger partial charge in [-0.1, -0.05) is 26.3 Å². The van der Waals surface area contributed by atoms with E-state index in [9.17, 15) is 4.79 Å². The van der Waals surface area contributed by atoms with Crippen molar-refractivity contribution in [3.05, 3.63) is 29.5 Å². The van der Waals surface area contributed by atoms with E-state index in [0.717, 1.165) is 30.6 Å². The molecule has 1 N–H and O–H groups in total. The molecule has 1 amide bonds. The molecule has 1 aromatic rings. The summed E-state index contributed by atoms with van der Waals surface area (Å²) in [6.45, 7) is 7.91. The van der Waals surface area contributed by atoms with Gasteiger partial charge in [-0.05, 0) is 55.8 Å². The summed E-state index contributed by atoms with van der Waals surface area (Å²) >= 11 is 5.27. The molecule has 0 unspecified atom stereocenters. The van der Waals surface area contributed by atoms with E-state index in [2.05, 4.69) is 19.2 Å². The fourth-order valence-electron chi connectivity index (χ4n) is 2.47. The fraction of sp³-hybridized carbons (Fsp3) is 0.474. The predicted molar refractivity (Wildman–Crippen MR) is 104 cm³/mol. The van der Waals surface area contributed by atoms with Crippen LogP contribution in [0.2, 0.25) is 0 Å². The summed E-state index contributed by atoms with van der Waals surface area (Å²) in [5, 5.41) is 3.48. The van der Waals surface area contributed by atoms with Crippen molar-refractivity contribution in [2.45, 2.75) is 40.0 Å². The van der Waals surface area contributed by atoms with Gasteiger partial charge < -0.3 is 14.8 Å². The average Bonchev–Trinajstić information content (AvgIpc) is 2.86. The molecule has 0 aliphatic carbocycles. The van der Waals surface area contributed by atoms with Gasteiger partial charge in [0.05, 0.1) is 13.2 Å². The van der Waals surface area contributed by atoms with Crippen molar-refractivity contribution in [3.8, 4) is 11.5 Å². The number of nitrogens with one attached hydrogen (secondary N) is 1. The molecule has 1 heterocycles. The first-order chi connectivity index (χ1) is 12.1. The van der Waals surface area contributed by atoms with Gasteiger partial charge in [-0.25, -0.2) is 0 Å². The smallest absolute Gasteiger partial charge is 0.276 e. The maximum absolute atomic E-state index is 12.5. The molecule has 0 radical (unpaired) electrons. The topological polar surface area (TPSA) is 50.8 Å². The lowest BCUT2D eigenvalue weighted by molar-refractivity contribution is -0.122. The third-order valence-electron chi connectivity index (χ3n) is 3.74. The molecule has 0 atom stereocenters. The van der Waals surface area contributed by atoms with E-state index >= 15 is 0 Å². The number of carbonyl (C=O) groups excluding carboxylic acids is 1. The van der Waals surface area contributed by atoms with Gasteiger partial charge in [0.1, 0.15) is 5.70 Å². The third-order valence-corrected chi connectivity index (χ3v) is 4.06. The van der Waals surface area contributed by atoms with Crippen molar-refractivity contribution >= 4 is 29.3 Å². The largest absolute Gasteiger partial charge is 0.490 e. The van der Waals surface area contributed by atoms with Crippen LogP contribution in [0.4, 0.5) is 0 Å². The number of amides is 1. The Balaban J connectivity index is 2.21. The minimum Gasteiger partial charge on any atom is -0.490 e. The first-order valence-corrected chi connectivity index (χ1v) is 9.25. The SMILES string of the molecule is CCCCN1C(=O)/C(=C\c2ccc(OCCC)c(OCC)c2)NC1=S. The fourth-order valence-corrected chi connectivity index (χ4v) is 2.76. The normalized spacial score (nSPS) is 15.6. The molecule has 1 aliphatic heterocycles. The average molecular weight is 362 g/mol. The van der Waals surface area contributed by atoms with Gasteiger partial charge in [0, 0.05) is 6.54 Å². The van der Waals surface area contributed by atoms with Crippen LogP contribution in [0.25, 0.3) is 6.08 Å². The second-order valence-electron chi connectivity index (χ2n) is 5.79. The van der Waals surface area contributed by atoms with Crippen molar-refractivity contribution in [1.82, 2.24) is 10.2 Å². The zero-order valence-electron chi connectivity index (χ0n) is 15.1. The van der Waals surface area contributed by atoms with Crippen LogP contribution < -0.4 is 14.8 Å². The minimum absolute atomic E-state index is 0.0808. The first-order valence-electron chi connectivity index (χ1n) is 8.84. The Morgan fingerprint density at radius 2 is 1.96 bits per heavy atom. The summed E-state index contributed by atoms with van der Waals surface area (Å²) in [4.78, 5) is 14.1. The van der Waals surface area contributed by atoms with Gasteiger partial charge in [0.15, 0.2) is 16.6 Å². The molecule has 0 spiro atoms. The van der Waals surface area contributed by atoms with Gasteiger partial charge in [0.25, 0.3) is 5.91 Å². The van der Waals surface area contributed by atoms with Gasteiger partial charge >= 0.3 is 0 Å². The first kappa shape index (κ1) is 19.2. The molecule has 1 aliphatic rings. The van der Waals surface area contributed by atoms with E-state index in [4.69, 9.17) is 21.7 Å². The van der Waals surface area contributed by atoms with E-state index in [0.29, 0.717) is 36.3 Å². The Kier molecular flexibility index (Phi) is 7.25. The number of hydrogen-bond donors (Lipinski definition) is 1. The Labute approximate surface area is 155 Å². The standard InChI is InChI=1S/C19H26N2O3S/c1-4-7-10-21-18(22)15(20-19(21)25)12-14-8-9-16(24-11-5-2)17(13-14)23-6-3/h8-9,12-13H,4-7,10-11H2,1-3H3,(H,20,25)/b15-12+. The molecule has 1 saturated heterocycles. The van der Waals surface area contributed by atoms with E-state index in [-0.39, 0.29) is 5.91 Å². The Bertz CT molecular complexity index is 658. The summed E-state index contributed by atoms with van der Waals surface area (Å²) in [5.41, 5.74) is 1.36. The molecular formula is C19H26N2O3S. The third kappa shape index (κ3) is 4.95. The van der Waals surface area contributed by atoms with Crippen LogP contribution in [-0.4, -0.2) is 35.7 Å². The zero-order chi connectivity index (χ0) is 18.2. The Morgan fingerprint density at radius 1 is 1.16 bits per heavy atom. The number of carbonyl (C=O) groups is 1. The number of rotatable bonds is 9. The molecule has 0 aromatic heterocycles. The van der Waals surface area contributed by atoms with Crippen LogP contribution >= 0.6 is 12.2 Å². The number of benzene rings is 1. The number of nitrogens with zero attached hydrogens (tertiary/aromatic N) is 1. The van der Waals surface area contributed by atoms with Gasteiger partial charge in [-0.3, -0.25) is 9.69 Å². The number of thiocarbonyl (C=S) groups is 1. The maximum Gasteiger partial charge on any atom is 0.276 e. The van der Waals surface area contributed by atoms with E-state index in [1.807, 2.05) is 25.1 Å². The molecule has 0 saturated carbocycles. The predicted octanol–water partition coefficient (Wildman–Crippen LogP) is 3.73. The van der Waals surface area contributed by atoms with Crippen LogP contribution in [0.5, 0.6) is 11.5 Å². The number of hydrogen-bond acceptors (Lipinski definition) is 4. The molecule has 1 aromatic carbocycles. The van der Waals surface area contributed by atoms with E-state index < -0.39 is 0 Å². The highest BCUT2D eigenvalue weighted by atomic mass is 32.1. The highest BCUT2D eigenvalue weighted by Crippen LogP contribution is 2.30. The van der Waals surface area contributed by atoms with Gasteiger partial charge in [0.2, 0.25) is 0 Å². The van der Waals surface area contributed by atoms with Crippen molar-refractivity contribution in [1.29, 1.82) is 0 Å². The Morgan fingerprint density at radius 3 is 2.64 bits per heavy atom.